The quantitative estimate of drug-likeness (QED) is 0.448. The molecule has 1 aromatic heterocycles. The van der Waals surface area contributed by atoms with Crippen LogP contribution in [0.3, 0.4) is 0 Å². The van der Waals surface area contributed by atoms with Gasteiger partial charge in [0.25, 0.3) is 0 Å². The van der Waals surface area contributed by atoms with Gasteiger partial charge in [0.15, 0.2) is 5.96 Å². The summed E-state index contributed by atoms with van der Waals surface area (Å²) in [5, 5.41) is 6.88. The van der Waals surface area contributed by atoms with Crippen LogP contribution in [-0.4, -0.2) is 48.1 Å². The zero-order chi connectivity index (χ0) is 15.2. The fraction of sp³-hybridized carbons (Fsp3) is 0.625. The predicted molar refractivity (Wildman–Crippen MR) is 103 cm³/mol. The number of nitrogens with zero attached hydrogens (tertiary/aromatic N) is 3. The lowest BCUT2D eigenvalue weighted by atomic mass is 10.1. The van der Waals surface area contributed by atoms with E-state index in [4.69, 9.17) is 0 Å². The Kier molecular flexibility index (Phi) is 8.09. The van der Waals surface area contributed by atoms with Crippen LogP contribution in [0, 0.1) is 5.92 Å². The summed E-state index contributed by atoms with van der Waals surface area (Å²) in [5.74, 6) is 1.48. The van der Waals surface area contributed by atoms with Gasteiger partial charge in [-0.2, -0.15) is 0 Å². The third-order valence-electron chi connectivity index (χ3n) is 4.08. The van der Waals surface area contributed by atoms with E-state index in [-0.39, 0.29) is 24.0 Å². The number of hydrogen-bond acceptors (Lipinski definition) is 3. The van der Waals surface area contributed by atoms with Crippen LogP contribution < -0.4 is 10.6 Å². The summed E-state index contributed by atoms with van der Waals surface area (Å²) in [6.07, 6.45) is 1.81. The van der Waals surface area contributed by atoms with Crippen LogP contribution in [0.4, 0.5) is 0 Å². The normalized spacial score (nSPS) is 22.5. The van der Waals surface area contributed by atoms with E-state index in [9.17, 15) is 0 Å². The van der Waals surface area contributed by atoms with Crippen LogP contribution in [0.25, 0.3) is 0 Å². The molecule has 2 atom stereocenters. The maximum absolute atomic E-state index is 4.32. The number of pyridine rings is 1. The summed E-state index contributed by atoms with van der Waals surface area (Å²) in [7, 11) is 1.81. The van der Waals surface area contributed by atoms with E-state index in [1.54, 1.807) is 0 Å². The maximum Gasteiger partial charge on any atom is 0.191 e. The molecule has 124 valence electrons. The molecule has 1 saturated heterocycles. The number of guanidine groups is 1. The summed E-state index contributed by atoms with van der Waals surface area (Å²) < 4.78 is 0. The maximum atomic E-state index is 4.32. The van der Waals surface area contributed by atoms with Crippen molar-refractivity contribution in [1.29, 1.82) is 0 Å². The lowest BCUT2D eigenvalue weighted by molar-refractivity contribution is 0.265. The van der Waals surface area contributed by atoms with Gasteiger partial charge < -0.3 is 10.6 Å². The van der Waals surface area contributed by atoms with E-state index >= 15 is 0 Å². The average Bonchev–Trinajstić information content (AvgIpc) is 2.86. The third-order valence-corrected chi connectivity index (χ3v) is 4.08. The number of aromatic nitrogens is 1. The highest BCUT2D eigenvalue weighted by molar-refractivity contribution is 14.0. The molecule has 6 heteroatoms. The fourth-order valence-electron chi connectivity index (χ4n) is 2.66. The molecule has 1 aliphatic rings. The Morgan fingerprint density at radius 2 is 2.18 bits per heavy atom. The molecule has 22 heavy (non-hydrogen) atoms. The van der Waals surface area contributed by atoms with Gasteiger partial charge in [-0.15, -0.1) is 24.0 Å². The predicted octanol–water partition coefficient (Wildman–Crippen LogP) is 2.09. The van der Waals surface area contributed by atoms with Crippen molar-refractivity contribution in [2.75, 3.05) is 20.1 Å². The van der Waals surface area contributed by atoms with Crippen LogP contribution in [0.5, 0.6) is 0 Å². The van der Waals surface area contributed by atoms with Gasteiger partial charge >= 0.3 is 0 Å². The molecule has 0 aromatic carbocycles. The topological polar surface area (TPSA) is 52.6 Å². The van der Waals surface area contributed by atoms with E-state index in [0.29, 0.717) is 24.5 Å². The largest absolute Gasteiger partial charge is 0.352 e. The van der Waals surface area contributed by atoms with Crippen molar-refractivity contribution >= 4 is 29.9 Å². The second-order valence-corrected chi connectivity index (χ2v) is 6.02. The highest BCUT2D eigenvalue weighted by atomic mass is 127. The summed E-state index contributed by atoms with van der Waals surface area (Å²) in [6, 6.07) is 6.99. The molecule has 0 aliphatic carbocycles. The number of rotatable bonds is 4. The number of likely N-dealkylation sites (tertiary alicyclic amines) is 1. The van der Waals surface area contributed by atoms with Crippen LogP contribution >= 0.6 is 24.0 Å². The monoisotopic (exact) mass is 417 g/mol. The second-order valence-electron chi connectivity index (χ2n) is 6.02. The minimum Gasteiger partial charge on any atom is -0.352 e. The zero-order valence-electron chi connectivity index (χ0n) is 13.9. The Labute approximate surface area is 151 Å². The smallest absolute Gasteiger partial charge is 0.191 e. The van der Waals surface area contributed by atoms with Crippen molar-refractivity contribution in [3.05, 3.63) is 30.1 Å². The Balaban J connectivity index is 0.00000242. The first-order valence-electron chi connectivity index (χ1n) is 7.71. The number of halogens is 1. The molecule has 1 fully saturated rings. The van der Waals surface area contributed by atoms with Gasteiger partial charge in [0.2, 0.25) is 0 Å². The molecular weight excluding hydrogens is 389 g/mol. The van der Waals surface area contributed by atoms with Crippen LogP contribution in [-0.2, 0) is 6.54 Å². The molecule has 1 aliphatic heterocycles. The van der Waals surface area contributed by atoms with E-state index < -0.39 is 0 Å². The zero-order valence-corrected chi connectivity index (χ0v) is 16.2. The van der Waals surface area contributed by atoms with Gasteiger partial charge in [0.1, 0.15) is 0 Å². The third kappa shape index (κ3) is 5.39. The van der Waals surface area contributed by atoms with E-state index in [1.165, 1.54) is 0 Å². The molecule has 5 nitrogen and oxygen atoms in total. The molecule has 0 saturated carbocycles. The van der Waals surface area contributed by atoms with Crippen molar-refractivity contribution in [2.45, 2.75) is 39.4 Å². The van der Waals surface area contributed by atoms with Gasteiger partial charge in [-0.25, -0.2) is 0 Å². The molecule has 2 heterocycles. The Morgan fingerprint density at radius 1 is 1.41 bits per heavy atom. The summed E-state index contributed by atoms with van der Waals surface area (Å²) in [6.45, 7) is 9.71. The molecule has 0 bridgehead atoms. The minimum atomic E-state index is 0. The molecule has 1 aromatic rings. The SMILES string of the molecule is CN=C(NCc1ccccn1)NC1CN(C(C)C)CC1C.I. The standard InChI is InChI=1S/C16H27N5.HI/c1-12(2)21-10-13(3)15(11-21)20-16(17-4)19-9-14-7-5-6-8-18-14;/h5-8,12-13,15H,9-11H2,1-4H3,(H2,17,19,20);1H. The fourth-order valence-corrected chi connectivity index (χ4v) is 2.66. The molecule has 2 unspecified atom stereocenters. The van der Waals surface area contributed by atoms with Gasteiger partial charge in [-0.1, -0.05) is 13.0 Å². The van der Waals surface area contributed by atoms with Crippen LogP contribution in [0.1, 0.15) is 26.5 Å². The van der Waals surface area contributed by atoms with Crippen molar-refractivity contribution in [2.24, 2.45) is 10.9 Å². The van der Waals surface area contributed by atoms with Crippen molar-refractivity contribution in [1.82, 2.24) is 20.5 Å². The molecule has 0 amide bonds. The van der Waals surface area contributed by atoms with E-state index in [1.807, 2.05) is 31.4 Å². The van der Waals surface area contributed by atoms with E-state index in [2.05, 4.69) is 46.3 Å². The highest BCUT2D eigenvalue weighted by Gasteiger charge is 2.31. The highest BCUT2D eigenvalue weighted by Crippen LogP contribution is 2.18. The number of hydrogen-bond donors (Lipinski definition) is 2. The Hall–Kier alpha value is -0.890. The number of nitrogens with one attached hydrogen (secondary N) is 2. The van der Waals surface area contributed by atoms with Gasteiger partial charge in [-0.3, -0.25) is 14.9 Å². The van der Waals surface area contributed by atoms with Crippen molar-refractivity contribution < 1.29 is 0 Å². The van der Waals surface area contributed by atoms with Crippen LogP contribution in [0.2, 0.25) is 0 Å². The average molecular weight is 417 g/mol. The van der Waals surface area contributed by atoms with Gasteiger partial charge in [0, 0.05) is 38.4 Å². The van der Waals surface area contributed by atoms with Gasteiger partial charge in [-0.05, 0) is 31.9 Å². The Morgan fingerprint density at radius 3 is 2.73 bits per heavy atom. The molecule has 2 rings (SSSR count). The molecular formula is C16H28IN5. The minimum absolute atomic E-state index is 0. The lowest BCUT2D eigenvalue weighted by Gasteiger charge is -2.21. The van der Waals surface area contributed by atoms with E-state index in [0.717, 1.165) is 24.7 Å². The van der Waals surface area contributed by atoms with Crippen molar-refractivity contribution in [3.8, 4) is 0 Å². The first-order valence-corrected chi connectivity index (χ1v) is 7.71. The lowest BCUT2D eigenvalue weighted by Crippen LogP contribution is -2.46. The van der Waals surface area contributed by atoms with Crippen LogP contribution in [0.15, 0.2) is 29.4 Å². The molecule has 2 N–H and O–H groups in total. The molecule has 0 spiro atoms. The summed E-state index contributed by atoms with van der Waals surface area (Å²) in [4.78, 5) is 11.1. The second kappa shape index (κ2) is 9.29. The first kappa shape index (κ1) is 19.2. The first-order chi connectivity index (χ1) is 10.1. The summed E-state index contributed by atoms with van der Waals surface area (Å²) in [5.41, 5.74) is 1.02. The number of aliphatic imine (C=N–C) groups is 1. The van der Waals surface area contributed by atoms with Gasteiger partial charge in [0.05, 0.1) is 12.2 Å². The summed E-state index contributed by atoms with van der Waals surface area (Å²) >= 11 is 0. The Bertz CT molecular complexity index is 463. The molecule has 0 radical (unpaired) electrons. The van der Waals surface area contributed by atoms with Crippen molar-refractivity contribution in [3.63, 3.8) is 0 Å².